The van der Waals surface area contributed by atoms with Crippen molar-refractivity contribution >= 4 is 29.6 Å². The van der Waals surface area contributed by atoms with E-state index in [0.29, 0.717) is 22.8 Å². The third-order valence-corrected chi connectivity index (χ3v) is 3.82. The lowest BCUT2D eigenvalue weighted by Crippen LogP contribution is -2.44. The van der Waals surface area contributed by atoms with Gasteiger partial charge in [-0.05, 0) is 18.9 Å². The number of aryl methyl sites for hydroxylation is 2. The predicted molar refractivity (Wildman–Crippen MR) is 81.0 cm³/mol. The van der Waals surface area contributed by atoms with Crippen LogP contribution >= 0.6 is 11.6 Å². The molecule has 21 heavy (non-hydrogen) atoms. The number of aromatic nitrogens is 2. The quantitative estimate of drug-likeness (QED) is 0.787. The van der Waals surface area contributed by atoms with E-state index in [1.54, 1.807) is 20.9 Å². The van der Waals surface area contributed by atoms with Crippen molar-refractivity contribution in [3.05, 3.63) is 22.5 Å². The van der Waals surface area contributed by atoms with Gasteiger partial charge in [0.2, 0.25) is 5.91 Å². The lowest BCUT2D eigenvalue weighted by Gasteiger charge is -2.19. The molecule has 0 aliphatic carbocycles. The van der Waals surface area contributed by atoms with E-state index in [-0.39, 0.29) is 5.92 Å². The molecule has 2 atom stereocenters. The maximum atomic E-state index is 11.8. The van der Waals surface area contributed by atoms with Crippen molar-refractivity contribution in [1.29, 1.82) is 0 Å². The molecule has 0 bridgehead atoms. The molecule has 1 heterocycles. The highest BCUT2D eigenvalue weighted by Crippen LogP contribution is 2.19. The van der Waals surface area contributed by atoms with Crippen LogP contribution < -0.4 is 5.32 Å². The van der Waals surface area contributed by atoms with Gasteiger partial charge in [0.05, 0.1) is 5.69 Å². The summed E-state index contributed by atoms with van der Waals surface area (Å²) in [6, 6.07) is -0.905. The maximum Gasteiger partial charge on any atom is 0.326 e. The molecule has 1 aromatic heterocycles. The number of carbonyl (C=O) groups is 2. The Morgan fingerprint density at radius 1 is 1.52 bits per heavy atom. The van der Waals surface area contributed by atoms with Gasteiger partial charge >= 0.3 is 5.97 Å². The summed E-state index contributed by atoms with van der Waals surface area (Å²) in [5.74, 6) is -1.66. The SMILES string of the molecule is CCC(C)[C@H](NC(=O)C=Cc1c(C)nn(C)c1Cl)C(=O)O. The summed E-state index contributed by atoms with van der Waals surface area (Å²) in [5.41, 5.74) is 1.34. The highest BCUT2D eigenvalue weighted by atomic mass is 35.5. The Labute approximate surface area is 128 Å². The molecule has 0 radical (unpaired) electrons. The monoisotopic (exact) mass is 313 g/mol. The van der Waals surface area contributed by atoms with Crippen LogP contribution in [-0.4, -0.2) is 32.8 Å². The zero-order chi connectivity index (χ0) is 16.2. The average molecular weight is 314 g/mol. The average Bonchev–Trinajstić information content (AvgIpc) is 2.66. The Bertz CT molecular complexity index is 566. The number of aliphatic carboxylic acids is 1. The first kappa shape index (κ1) is 17.2. The van der Waals surface area contributed by atoms with Crippen molar-refractivity contribution in [2.75, 3.05) is 0 Å². The summed E-state index contributed by atoms with van der Waals surface area (Å²) in [6.07, 6.45) is 3.47. The van der Waals surface area contributed by atoms with Gasteiger partial charge < -0.3 is 10.4 Å². The van der Waals surface area contributed by atoms with Crippen molar-refractivity contribution < 1.29 is 14.7 Å². The molecule has 0 saturated heterocycles. The Balaban J connectivity index is 2.81. The van der Waals surface area contributed by atoms with Crippen LogP contribution in [0.2, 0.25) is 5.15 Å². The lowest BCUT2D eigenvalue weighted by molar-refractivity contribution is -0.142. The minimum atomic E-state index is -1.04. The van der Waals surface area contributed by atoms with Gasteiger partial charge in [-0.3, -0.25) is 9.48 Å². The summed E-state index contributed by atoms with van der Waals surface area (Å²) in [7, 11) is 1.70. The zero-order valence-corrected chi connectivity index (χ0v) is 13.3. The predicted octanol–water partition coefficient (Wildman–Crippen LogP) is 2.01. The molecule has 1 amide bonds. The van der Waals surface area contributed by atoms with Crippen LogP contribution in [-0.2, 0) is 16.6 Å². The normalized spacial score (nSPS) is 14.1. The summed E-state index contributed by atoms with van der Waals surface area (Å²) in [5, 5.41) is 16.2. The van der Waals surface area contributed by atoms with Crippen LogP contribution in [0.15, 0.2) is 6.08 Å². The number of nitrogens with zero attached hydrogens (tertiary/aromatic N) is 2. The molecule has 1 unspecified atom stereocenters. The minimum absolute atomic E-state index is 0.149. The third kappa shape index (κ3) is 4.32. The van der Waals surface area contributed by atoms with Gasteiger partial charge in [0.1, 0.15) is 11.2 Å². The molecule has 0 aromatic carbocycles. The smallest absolute Gasteiger partial charge is 0.326 e. The number of nitrogens with one attached hydrogen (secondary N) is 1. The van der Waals surface area contributed by atoms with Crippen LogP contribution in [0.1, 0.15) is 31.5 Å². The summed E-state index contributed by atoms with van der Waals surface area (Å²) in [6.45, 7) is 5.44. The molecular weight excluding hydrogens is 294 g/mol. The summed E-state index contributed by atoms with van der Waals surface area (Å²) in [4.78, 5) is 23.0. The number of halogens is 1. The summed E-state index contributed by atoms with van der Waals surface area (Å²) >= 11 is 6.05. The maximum absolute atomic E-state index is 11.8. The molecular formula is C14H20ClN3O3. The second-order valence-corrected chi connectivity index (χ2v) is 5.31. The van der Waals surface area contributed by atoms with Gasteiger partial charge in [-0.1, -0.05) is 31.9 Å². The van der Waals surface area contributed by atoms with Crippen LogP contribution in [0.25, 0.3) is 6.08 Å². The van der Waals surface area contributed by atoms with E-state index in [0.717, 1.165) is 0 Å². The standard InChI is InChI=1S/C14H20ClN3O3/c1-5-8(2)12(14(20)21)16-11(19)7-6-10-9(3)17-18(4)13(10)15/h6-8,12H,5H2,1-4H3,(H,16,19)(H,20,21)/t8?,12-/m0/s1. The molecule has 0 saturated carbocycles. The fraction of sp³-hybridized carbons (Fsp3) is 0.500. The van der Waals surface area contributed by atoms with Crippen LogP contribution in [0, 0.1) is 12.8 Å². The highest BCUT2D eigenvalue weighted by Gasteiger charge is 2.24. The first-order valence-corrected chi connectivity index (χ1v) is 7.06. The van der Waals surface area contributed by atoms with E-state index in [4.69, 9.17) is 16.7 Å². The fourth-order valence-electron chi connectivity index (χ4n) is 1.88. The molecule has 0 aliphatic heterocycles. The van der Waals surface area contributed by atoms with E-state index in [9.17, 15) is 9.59 Å². The van der Waals surface area contributed by atoms with E-state index >= 15 is 0 Å². The number of rotatable bonds is 6. The molecule has 1 aromatic rings. The van der Waals surface area contributed by atoms with E-state index < -0.39 is 17.9 Å². The van der Waals surface area contributed by atoms with E-state index in [1.807, 2.05) is 6.92 Å². The number of hydrogen-bond donors (Lipinski definition) is 2. The van der Waals surface area contributed by atoms with Gasteiger partial charge in [0.15, 0.2) is 0 Å². The largest absolute Gasteiger partial charge is 0.480 e. The van der Waals surface area contributed by atoms with Crippen LogP contribution in [0.5, 0.6) is 0 Å². The first-order valence-electron chi connectivity index (χ1n) is 6.68. The van der Waals surface area contributed by atoms with Crippen molar-refractivity contribution in [2.24, 2.45) is 13.0 Å². The second kappa shape index (κ2) is 7.26. The third-order valence-electron chi connectivity index (χ3n) is 3.37. The molecule has 0 aliphatic rings. The van der Waals surface area contributed by atoms with Crippen LogP contribution in [0.4, 0.5) is 0 Å². The van der Waals surface area contributed by atoms with Crippen molar-refractivity contribution in [3.8, 4) is 0 Å². The van der Waals surface area contributed by atoms with Crippen molar-refractivity contribution in [3.63, 3.8) is 0 Å². The number of carboxylic acid groups (broad SMARTS) is 1. The number of hydrogen-bond acceptors (Lipinski definition) is 3. The molecule has 1 rings (SSSR count). The number of carbonyl (C=O) groups excluding carboxylic acids is 1. The Hall–Kier alpha value is -1.82. The highest BCUT2D eigenvalue weighted by molar-refractivity contribution is 6.31. The molecule has 0 fully saturated rings. The number of amides is 1. The molecule has 6 nitrogen and oxygen atoms in total. The van der Waals surface area contributed by atoms with Crippen molar-refractivity contribution in [2.45, 2.75) is 33.2 Å². The van der Waals surface area contributed by atoms with Crippen molar-refractivity contribution in [1.82, 2.24) is 15.1 Å². The Kier molecular flexibility index (Phi) is 5.96. The lowest BCUT2D eigenvalue weighted by atomic mass is 9.99. The molecule has 7 heteroatoms. The van der Waals surface area contributed by atoms with Gasteiger partial charge in [-0.2, -0.15) is 5.10 Å². The first-order chi connectivity index (χ1) is 9.77. The summed E-state index contributed by atoms with van der Waals surface area (Å²) < 4.78 is 1.51. The second-order valence-electron chi connectivity index (χ2n) is 4.96. The number of carboxylic acids is 1. The molecule has 2 N–H and O–H groups in total. The zero-order valence-electron chi connectivity index (χ0n) is 12.6. The Morgan fingerprint density at radius 2 is 2.14 bits per heavy atom. The van der Waals surface area contributed by atoms with Gasteiger partial charge in [0, 0.05) is 18.7 Å². The van der Waals surface area contributed by atoms with Gasteiger partial charge in [-0.25, -0.2) is 4.79 Å². The van der Waals surface area contributed by atoms with Crippen LogP contribution in [0.3, 0.4) is 0 Å². The minimum Gasteiger partial charge on any atom is -0.480 e. The van der Waals surface area contributed by atoms with Gasteiger partial charge in [-0.15, -0.1) is 0 Å². The molecule has 0 spiro atoms. The van der Waals surface area contributed by atoms with Gasteiger partial charge in [0.25, 0.3) is 0 Å². The molecule has 116 valence electrons. The van der Waals surface area contributed by atoms with E-state index in [2.05, 4.69) is 10.4 Å². The topological polar surface area (TPSA) is 84.2 Å². The van der Waals surface area contributed by atoms with E-state index in [1.165, 1.54) is 16.8 Å². The fourth-order valence-corrected chi connectivity index (χ4v) is 2.12. The Morgan fingerprint density at radius 3 is 2.57 bits per heavy atom.